The minimum atomic E-state index is -4.77. The number of aliphatic imine (C=N–C) groups is 1. The number of carbonyl (C=O) groups excluding carboxylic acids is 1. The number of nitrogen functional groups attached to an aromatic ring is 1. The van der Waals surface area contributed by atoms with Crippen molar-refractivity contribution in [3.63, 3.8) is 0 Å². The lowest BCUT2D eigenvalue weighted by Crippen LogP contribution is -2.60. The zero-order chi connectivity index (χ0) is 22.6. The van der Waals surface area contributed by atoms with Crippen molar-refractivity contribution in [1.29, 1.82) is 0 Å². The minimum Gasteiger partial charge on any atom is -0.384 e. The summed E-state index contributed by atoms with van der Waals surface area (Å²) in [6, 6.07) is 2.48. The molecule has 3 aliphatic heterocycles. The van der Waals surface area contributed by atoms with Gasteiger partial charge in [-0.25, -0.2) is 18.8 Å². The monoisotopic (exact) mass is 444 g/mol. The molecule has 1 unspecified atom stereocenters. The van der Waals surface area contributed by atoms with Gasteiger partial charge in [0.15, 0.2) is 12.0 Å². The molecule has 1 atom stereocenters. The zero-order valence-corrected chi connectivity index (χ0v) is 16.7. The molecule has 168 valence electrons. The van der Waals surface area contributed by atoms with Crippen molar-refractivity contribution in [3.05, 3.63) is 29.5 Å². The zero-order valence-electron chi connectivity index (χ0n) is 16.7. The van der Waals surface area contributed by atoms with Gasteiger partial charge >= 0.3 is 6.18 Å². The van der Waals surface area contributed by atoms with E-state index in [0.717, 1.165) is 0 Å². The highest BCUT2D eigenvalue weighted by atomic mass is 19.4. The second kappa shape index (κ2) is 7.43. The summed E-state index contributed by atoms with van der Waals surface area (Å²) in [5.41, 5.74) is 4.24. The number of rotatable bonds is 2. The first-order valence-corrected chi connectivity index (χ1v) is 9.69. The van der Waals surface area contributed by atoms with Crippen molar-refractivity contribution < 1.29 is 26.7 Å². The highest BCUT2D eigenvalue weighted by Crippen LogP contribution is 2.38. The van der Waals surface area contributed by atoms with E-state index in [1.165, 1.54) is 23.1 Å². The van der Waals surface area contributed by atoms with E-state index < -0.39 is 37.2 Å². The van der Waals surface area contributed by atoms with Gasteiger partial charge in [-0.1, -0.05) is 0 Å². The van der Waals surface area contributed by atoms with Gasteiger partial charge in [0.1, 0.15) is 17.4 Å². The average molecular weight is 444 g/mol. The summed E-state index contributed by atoms with van der Waals surface area (Å²) in [6.45, 7) is -0.367. The molecule has 2 saturated heterocycles. The van der Waals surface area contributed by atoms with Crippen LogP contribution in [0, 0.1) is 0 Å². The van der Waals surface area contributed by atoms with Crippen LogP contribution in [-0.2, 0) is 11.0 Å². The standard InChI is InChI=1S/C19H21F5N6O/c1-28-13(12-2-3-14(25)26-16(12)19(22,23)24)8-15(30-9-18(20,21)10-30)27-17(28)29-6-4-11(31)5-7-29/h2-3,8,17H,4-7,9-10H2,1H3,(H2,25,26). The Morgan fingerprint density at radius 2 is 1.81 bits per heavy atom. The molecular formula is C19H21F5N6O. The maximum Gasteiger partial charge on any atom is 0.434 e. The second-order valence-electron chi connectivity index (χ2n) is 7.89. The van der Waals surface area contributed by atoms with Gasteiger partial charge in [0.05, 0.1) is 18.8 Å². The Bertz CT molecular complexity index is 942. The number of alkyl halides is 5. The van der Waals surface area contributed by atoms with Crippen molar-refractivity contribution in [1.82, 2.24) is 19.7 Å². The third-order valence-electron chi connectivity index (χ3n) is 5.55. The molecule has 0 bridgehead atoms. The number of nitrogens with zero attached hydrogens (tertiary/aromatic N) is 5. The van der Waals surface area contributed by atoms with Gasteiger partial charge in [0.2, 0.25) is 0 Å². The van der Waals surface area contributed by atoms with Gasteiger partial charge in [-0.2, -0.15) is 13.2 Å². The topological polar surface area (TPSA) is 78.1 Å². The van der Waals surface area contributed by atoms with Gasteiger partial charge in [-0.15, -0.1) is 0 Å². The molecule has 0 radical (unpaired) electrons. The van der Waals surface area contributed by atoms with Gasteiger partial charge in [-0.05, 0) is 12.1 Å². The molecule has 2 N–H and O–H groups in total. The molecule has 31 heavy (non-hydrogen) atoms. The molecule has 0 spiro atoms. The summed E-state index contributed by atoms with van der Waals surface area (Å²) in [7, 11) is 1.58. The van der Waals surface area contributed by atoms with Crippen LogP contribution >= 0.6 is 0 Å². The van der Waals surface area contributed by atoms with Crippen LogP contribution in [0.1, 0.15) is 24.1 Å². The number of piperidine rings is 1. The van der Waals surface area contributed by atoms with Gasteiger partial charge in [0, 0.05) is 44.6 Å². The maximum atomic E-state index is 13.7. The molecule has 4 rings (SSSR count). The lowest BCUT2D eigenvalue weighted by Gasteiger charge is -2.45. The summed E-state index contributed by atoms with van der Waals surface area (Å²) >= 11 is 0. The van der Waals surface area contributed by atoms with E-state index in [1.54, 1.807) is 11.9 Å². The number of nitrogens with two attached hydrogens (primary N) is 1. The van der Waals surface area contributed by atoms with Gasteiger partial charge in [0.25, 0.3) is 5.92 Å². The van der Waals surface area contributed by atoms with E-state index in [1.807, 2.05) is 4.90 Å². The molecule has 0 amide bonds. The fraction of sp³-hybridized carbons (Fsp3) is 0.526. The van der Waals surface area contributed by atoms with E-state index in [4.69, 9.17) is 5.73 Å². The molecule has 1 aromatic rings. The van der Waals surface area contributed by atoms with Gasteiger partial charge in [-0.3, -0.25) is 9.69 Å². The van der Waals surface area contributed by atoms with E-state index >= 15 is 0 Å². The van der Waals surface area contributed by atoms with Crippen LogP contribution in [0.2, 0.25) is 0 Å². The third kappa shape index (κ3) is 4.21. The van der Waals surface area contributed by atoms with Crippen LogP contribution in [0.15, 0.2) is 23.2 Å². The number of amidine groups is 1. The van der Waals surface area contributed by atoms with Gasteiger partial charge < -0.3 is 15.5 Å². The number of Topliss-reactive ketones (excluding diaryl/α,β-unsaturated/α-hetero) is 1. The van der Waals surface area contributed by atoms with Crippen LogP contribution in [0.5, 0.6) is 0 Å². The molecule has 0 aliphatic carbocycles. The molecule has 3 aliphatic rings. The Kier molecular flexibility index (Phi) is 5.15. The average Bonchev–Trinajstić information content (AvgIpc) is 2.66. The third-order valence-corrected chi connectivity index (χ3v) is 5.55. The predicted octanol–water partition coefficient (Wildman–Crippen LogP) is 2.27. The first-order valence-electron chi connectivity index (χ1n) is 9.69. The second-order valence-corrected chi connectivity index (χ2v) is 7.89. The number of hydrogen-bond donors (Lipinski definition) is 1. The quantitative estimate of drug-likeness (QED) is 0.706. The van der Waals surface area contributed by atoms with Crippen LogP contribution in [0.4, 0.5) is 27.8 Å². The Hall–Kier alpha value is -2.76. The Balaban J connectivity index is 1.75. The summed E-state index contributed by atoms with van der Waals surface area (Å²) in [6.07, 6.45) is -3.54. The first-order chi connectivity index (χ1) is 14.4. The SMILES string of the molecule is CN1C(c2ccc(N)nc2C(F)(F)F)=CC(N2CC(F)(F)C2)=NC1N1CCC(=O)CC1. The molecular weight excluding hydrogens is 423 g/mol. The Labute approximate surface area is 175 Å². The Morgan fingerprint density at radius 1 is 1.16 bits per heavy atom. The van der Waals surface area contributed by atoms with Crippen molar-refractivity contribution >= 4 is 23.1 Å². The van der Waals surface area contributed by atoms with E-state index in [9.17, 15) is 26.7 Å². The number of likely N-dealkylation sites (tertiary alicyclic amines) is 2. The molecule has 12 heteroatoms. The Morgan fingerprint density at radius 3 is 2.39 bits per heavy atom. The van der Waals surface area contributed by atoms with E-state index in [0.29, 0.717) is 25.9 Å². The smallest absolute Gasteiger partial charge is 0.384 e. The molecule has 2 fully saturated rings. The number of hydrogen-bond acceptors (Lipinski definition) is 7. The summed E-state index contributed by atoms with van der Waals surface area (Å²) in [5, 5.41) is 0. The molecule has 1 aromatic heterocycles. The fourth-order valence-corrected chi connectivity index (χ4v) is 3.93. The number of ketones is 1. The maximum absolute atomic E-state index is 13.7. The van der Waals surface area contributed by atoms with E-state index in [2.05, 4.69) is 9.98 Å². The van der Waals surface area contributed by atoms with E-state index in [-0.39, 0.29) is 28.7 Å². The fourth-order valence-electron chi connectivity index (χ4n) is 3.93. The normalized spacial score (nSPS) is 24.6. The highest BCUT2D eigenvalue weighted by molar-refractivity contribution is 6.01. The predicted molar refractivity (Wildman–Crippen MR) is 103 cm³/mol. The molecule has 7 nitrogen and oxygen atoms in total. The molecule has 4 heterocycles. The van der Waals surface area contributed by atoms with Crippen molar-refractivity contribution in [2.75, 3.05) is 39.0 Å². The summed E-state index contributed by atoms with van der Waals surface area (Å²) < 4.78 is 68.0. The molecule has 0 aromatic carbocycles. The van der Waals surface area contributed by atoms with Crippen molar-refractivity contribution in [2.45, 2.75) is 31.2 Å². The lowest BCUT2D eigenvalue weighted by molar-refractivity contribution is -0.141. The van der Waals surface area contributed by atoms with Crippen LogP contribution in [0.25, 0.3) is 5.70 Å². The number of aromatic nitrogens is 1. The number of anilines is 1. The number of carbonyl (C=O) groups is 1. The molecule has 0 saturated carbocycles. The van der Waals surface area contributed by atoms with Crippen LogP contribution < -0.4 is 5.73 Å². The summed E-state index contributed by atoms with van der Waals surface area (Å²) in [5.74, 6) is -2.88. The lowest BCUT2D eigenvalue weighted by atomic mass is 10.0. The summed E-state index contributed by atoms with van der Waals surface area (Å²) in [4.78, 5) is 24.4. The van der Waals surface area contributed by atoms with Crippen molar-refractivity contribution in [2.24, 2.45) is 4.99 Å². The number of pyridine rings is 1. The highest BCUT2D eigenvalue weighted by Gasteiger charge is 2.46. The first kappa shape index (κ1) is 21.5. The minimum absolute atomic E-state index is 0.0964. The van der Waals surface area contributed by atoms with Crippen LogP contribution in [0.3, 0.4) is 0 Å². The van der Waals surface area contributed by atoms with Crippen LogP contribution in [-0.4, -0.2) is 76.7 Å². The largest absolute Gasteiger partial charge is 0.434 e. The van der Waals surface area contributed by atoms with Crippen molar-refractivity contribution in [3.8, 4) is 0 Å². The number of halogens is 5.